The number of likely N-dealkylation sites (tertiary alicyclic amines) is 1. The number of aryl methyl sites for hydroxylation is 3. The quantitative estimate of drug-likeness (QED) is 0.312. The normalized spacial score (nSPS) is 15.0. The summed E-state index contributed by atoms with van der Waals surface area (Å²) in [7, 11) is 1.50. The second kappa shape index (κ2) is 13.5. The summed E-state index contributed by atoms with van der Waals surface area (Å²) in [4.78, 5) is 10.5. The predicted molar refractivity (Wildman–Crippen MR) is 163 cm³/mol. The Morgan fingerprint density at radius 3 is 2.49 bits per heavy atom. The van der Waals surface area contributed by atoms with Gasteiger partial charge in [-0.15, -0.1) is 0 Å². The van der Waals surface area contributed by atoms with Crippen LogP contribution in [-0.4, -0.2) is 69.9 Å². The van der Waals surface area contributed by atoms with Crippen molar-refractivity contribution in [3.63, 3.8) is 0 Å². The van der Waals surface area contributed by atoms with Crippen LogP contribution in [0.4, 0.5) is 30.5 Å². The van der Waals surface area contributed by atoms with Gasteiger partial charge >= 0.3 is 6.18 Å². The maximum atomic E-state index is 13.9. The van der Waals surface area contributed by atoms with E-state index in [0.717, 1.165) is 53.8 Å². The summed E-state index contributed by atoms with van der Waals surface area (Å²) in [5.74, 6) is 0.511. The molecule has 0 unspecified atom stereocenters. The summed E-state index contributed by atoms with van der Waals surface area (Å²) in [6.45, 7) is 4.60. The molecule has 0 atom stereocenters. The molecule has 2 aromatic carbocycles. The highest BCUT2D eigenvalue weighted by Gasteiger charge is 2.35. The molecule has 13 heteroatoms. The first kappa shape index (κ1) is 32.5. The van der Waals surface area contributed by atoms with Crippen LogP contribution in [0.5, 0.6) is 5.75 Å². The Morgan fingerprint density at radius 1 is 1.12 bits per heavy atom. The molecule has 2 N–H and O–H groups in total. The molecule has 4 rings (SSSR count). The first-order valence-corrected chi connectivity index (χ1v) is 15.9. The van der Waals surface area contributed by atoms with Crippen LogP contribution >= 0.6 is 0 Å². The van der Waals surface area contributed by atoms with Gasteiger partial charge in [-0.05, 0) is 87.6 Å². The van der Waals surface area contributed by atoms with Crippen LogP contribution in [0.3, 0.4) is 0 Å². The average Bonchev–Trinajstić information content (AvgIpc) is 2.95. The molecule has 9 nitrogen and oxygen atoms in total. The Kier molecular flexibility index (Phi) is 10.2. The predicted octanol–water partition coefficient (Wildman–Crippen LogP) is 4.92. The number of anilines is 3. The number of aromatic nitrogens is 2. The standard InChI is InChI=1S/C30H39F3N6O3S/c1-20-6-8-22(27(16-20)39(3)43(5,40)41)9-11-25-24(30(31,32)33)19-35-29(36-25)37-26-10-7-21(17-28(26)42-4)18-34-23-12-14-38(2)15-13-23/h6-8,10,16-17,19,23,34H,9,11-15,18H2,1-5H3,(H,35,36,37). The summed E-state index contributed by atoms with van der Waals surface area (Å²) in [6.07, 6.45) is -0.587. The number of halogens is 3. The fourth-order valence-corrected chi connectivity index (χ4v) is 5.59. The van der Waals surface area contributed by atoms with Crippen molar-refractivity contribution in [3.8, 4) is 5.75 Å². The number of alkyl halides is 3. The molecule has 234 valence electrons. The van der Waals surface area contributed by atoms with Crippen molar-refractivity contribution >= 4 is 27.3 Å². The molecule has 0 aliphatic carbocycles. The molecule has 0 spiro atoms. The number of nitrogens with zero attached hydrogens (tertiary/aromatic N) is 4. The molecule has 43 heavy (non-hydrogen) atoms. The third-order valence-electron chi connectivity index (χ3n) is 7.71. The number of benzene rings is 2. The van der Waals surface area contributed by atoms with E-state index in [0.29, 0.717) is 35.3 Å². The number of piperidine rings is 1. The van der Waals surface area contributed by atoms with Gasteiger partial charge < -0.3 is 20.3 Å². The molecule has 1 aromatic heterocycles. The molecular formula is C30H39F3N6O3S. The van der Waals surface area contributed by atoms with Crippen LogP contribution in [0.25, 0.3) is 0 Å². The van der Waals surface area contributed by atoms with Crippen LogP contribution in [-0.2, 0) is 35.6 Å². The number of rotatable bonds is 11. The van der Waals surface area contributed by atoms with Gasteiger partial charge in [0.1, 0.15) is 5.75 Å². The minimum atomic E-state index is -4.66. The summed E-state index contributed by atoms with van der Waals surface area (Å²) >= 11 is 0. The molecular weight excluding hydrogens is 581 g/mol. The van der Waals surface area contributed by atoms with Crippen LogP contribution < -0.4 is 19.7 Å². The second-order valence-corrected chi connectivity index (χ2v) is 13.0. The fraction of sp³-hybridized carbons (Fsp3) is 0.467. The zero-order valence-corrected chi connectivity index (χ0v) is 25.9. The van der Waals surface area contributed by atoms with Crippen molar-refractivity contribution in [1.82, 2.24) is 20.2 Å². The minimum Gasteiger partial charge on any atom is -0.495 e. The number of hydrogen-bond acceptors (Lipinski definition) is 8. The topological polar surface area (TPSA) is 99.7 Å². The summed E-state index contributed by atoms with van der Waals surface area (Å²) in [5, 5.41) is 6.59. The highest BCUT2D eigenvalue weighted by Crippen LogP contribution is 2.34. The van der Waals surface area contributed by atoms with Crippen LogP contribution in [0, 0.1) is 6.92 Å². The van der Waals surface area contributed by atoms with E-state index in [1.165, 1.54) is 14.2 Å². The van der Waals surface area contributed by atoms with Crippen molar-refractivity contribution in [2.75, 3.05) is 50.2 Å². The zero-order chi connectivity index (χ0) is 31.4. The Bertz CT molecular complexity index is 1530. The Morgan fingerprint density at radius 2 is 1.84 bits per heavy atom. The van der Waals surface area contributed by atoms with Gasteiger partial charge in [0.15, 0.2) is 0 Å². The van der Waals surface area contributed by atoms with Crippen LogP contribution in [0.15, 0.2) is 42.6 Å². The van der Waals surface area contributed by atoms with E-state index in [1.54, 1.807) is 24.3 Å². The highest BCUT2D eigenvalue weighted by molar-refractivity contribution is 7.92. The second-order valence-electron chi connectivity index (χ2n) is 11.0. The number of hydrogen-bond donors (Lipinski definition) is 2. The van der Waals surface area contributed by atoms with Crippen molar-refractivity contribution < 1.29 is 26.3 Å². The minimum absolute atomic E-state index is 0.00381. The third kappa shape index (κ3) is 8.58. The molecule has 1 fully saturated rings. The largest absolute Gasteiger partial charge is 0.495 e. The lowest BCUT2D eigenvalue weighted by Crippen LogP contribution is -2.40. The molecule has 1 aliphatic rings. The molecule has 2 heterocycles. The van der Waals surface area contributed by atoms with Crippen LogP contribution in [0.2, 0.25) is 0 Å². The molecule has 1 aliphatic heterocycles. The van der Waals surface area contributed by atoms with Gasteiger partial charge in [-0.3, -0.25) is 4.31 Å². The van der Waals surface area contributed by atoms with Gasteiger partial charge in [-0.2, -0.15) is 13.2 Å². The van der Waals surface area contributed by atoms with E-state index in [-0.39, 0.29) is 24.5 Å². The van der Waals surface area contributed by atoms with E-state index in [2.05, 4.69) is 32.5 Å². The Labute approximate surface area is 251 Å². The first-order valence-electron chi connectivity index (χ1n) is 14.1. The number of sulfonamides is 1. The van der Waals surface area contributed by atoms with E-state index < -0.39 is 21.8 Å². The lowest BCUT2D eigenvalue weighted by Gasteiger charge is -2.29. The fourth-order valence-electron chi connectivity index (χ4n) is 5.06. The maximum absolute atomic E-state index is 13.9. The lowest BCUT2D eigenvalue weighted by atomic mass is 10.0. The van der Waals surface area contributed by atoms with Gasteiger partial charge in [0.2, 0.25) is 16.0 Å². The van der Waals surface area contributed by atoms with E-state index in [1.807, 2.05) is 19.1 Å². The highest BCUT2D eigenvalue weighted by atomic mass is 32.2. The van der Waals surface area contributed by atoms with Crippen molar-refractivity contribution in [2.45, 2.75) is 51.4 Å². The molecule has 1 saturated heterocycles. The number of nitrogens with one attached hydrogen (secondary N) is 2. The average molecular weight is 621 g/mol. The maximum Gasteiger partial charge on any atom is 0.419 e. The smallest absolute Gasteiger partial charge is 0.419 e. The molecule has 0 saturated carbocycles. The summed E-state index contributed by atoms with van der Waals surface area (Å²) in [6, 6.07) is 11.3. The molecule has 3 aromatic rings. The van der Waals surface area contributed by atoms with Crippen molar-refractivity contribution in [3.05, 3.63) is 70.5 Å². The van der Waals surface area contributed by atoms with E-state index in [9.17, 15) is 21.6 Å². The molecule has 0 radical (unpaired) electrons. The van der Waals surface area contributed by atoms with Gasteiger partial charge in [-0.25, -0.2) is 18.4 Å². The SMILES string of the molecule is COc1cc(CNC2CCN(C)CC2)ccc1Nc1ncc(C(F)(F)F)c(CCc2ccc(C)cc2N(C)S(C)(=O)=O)n1. The third-order valence-corrected chi connectivity index (χ3v) is 8.90. The van der Waals surface area contributed by atoms with Gasteiger partial charge in [0.25, 0.3) is 0 Å². The summed E-state index contributed by atoms with van der Waals surface area (Å²) < 4.78 is 72.9. The first-order chi connectivity index (χ1) is 20.2. The van der Waals surface area contributed by atoms with Gasteiger partial charge in [-0.1, -0.05) is 18.2 Å². The molecule has 0 amide bonds. The number of ether oxygens (including phenoxy) is 1. The lowest BCUT2D eigenvalue weighted by molar-refractivity contribution is -0.138. The van der Waals surface area contributed by atoms with Gasteiger partial charge in [0.05, 0.1) is 36.0 Å². The Hall–Kier alpha value is -3.42. The monoisotopic (exact) mass is 620 g/mol. The molecule has 0 bridgehead atoms. The van der Waals surface area contributed by atoms with Crippen molar-refractivity contribution in [1.29, 1.82) is 0 Å². The number of methoxy groups -OCH3 is 1. The zero-order valence-electron chi connectivity index (χ0n) is 25.1. The Balaban J connectivity index is 1.54. The van der Waals surface area contributed by atoms with Gasteiger partial charge in [0, 0.05) is 25.8 Å². The van der Waals surface area contributed by atoms with E-state index in [4.69, 9.17) is 4.74 Å². The van der Waals surface area contributed by atoms with Crippen LogP contribution in [0.1, 0.15) is 40.8 Å². The summed E-state index contributed by atoms with van der Waals surface area (Å²) in [5.41, 5.74) is 2.23. The van der Waals surface area contributed by atoms with E-state index >= 15 is 0 Å². The van der Waals surface area contributed by atoms with Crippen molar-refractivity contribution in [2.24, 2.45) is 0 Å².